The molecule has 0 unspecified atom stereocenters. The summed E-state index contributed by atoms with van der Waals surface area (Å²) in [6.07, 6.45) is 7.26. The van der Waals surface area contributed by atoms with E-state index < -0.39 is 5.41 Å². The van der Waals surface area contributed by atoms with Gasteiger partial charge in [0, 0.05) is 24.5 Å². The third kappa shape index (κ3) is 1.66. The zero-order chi connectivity index (χ0) is 12.6. The van der Waals surface area contributed by atoms with Gasteiger partial charge in [0.2, 0.25) is 0 Å². The maximum atomic E-state index is 9.63. The van der Waals surface area contributed by atoms with Gasteiger partial charge in [0.25, 0.3) is 0 Å². The molecule has 0 aromatic carbocycles. The standard InChI is InChI=1S/C14H14N4/c15-6-10-3-11(8-17-7-10)14(9-16)4-12-1-2-13(5-14)18-12/h3,7-8,12-13,18H,1-2,4-5H2/t12-,13+,14+. The third-order valence-corrected chi connectivity index (χ3v) is 4.16. The molecule has 0 aliphatic carbocycles. The summed E-state index contributed by atoms with van der Waals surface area (Å²) < 4.78 is 0. The first-order valence-electron chi connectivity index (χ1n) is 6.29. The van der Waals surface area contributed by atoms with Gasteiger partial charge in [-0.05, 0) is 37.3 Å². The van der Waals surface area contributed by atoms with Crippen molar-refractivity contribution in [3.05, 3.63) is 29.6 Å². The van der Waals surface area contributed by atoms with Gasteiger partial charge < -0.3 is 5.32 Å². The summed E-state index contributed by atoms with van der Waals surface area (Å²) in [5.74, 6) is 0. The van der Waals surface area contributed by atoms with Crippen molar-refractivity contribution >= 4 is 0 Å². The van der Waals surface area contributed by atoms with Crippen LogP contribution in [0.3, 0.4) is 0 Å². The van der Waals surface area contributed by atoms with Gasteiger partial charge in [-0.2, -0.15) is 10.5 Å². The molecular formula is C14H14N4. The van der Waals surface area contributed by atoms with E-state index in [9.17, 15) is 5.26 Å². The Morgan fingerprint density at radius 3 is 2.56 bits per heavy atom. The monoisotopic (exact) mass is 238 g/mol. The van der Waals surface area contributed by atoms with E-state index in [0.717, 1.165) is 31.2 Å². The van der Waals surface area contributed by atoms with Crippen LogP contribution in [-0.2, 0) is 5.41 Å². The summed E-state index contributed by atoms with van der Waals surface area (Å²) in [5.41, 5.74) is 0.979. The summed E-state index contributed by atoms with van der Waals surface area (Å²) >= 11 is 0. The Hall–Kier alpha value is -1.91. The Bertz CT molecular complexity index is 540. The second kappa shape index (κ2) is 4.08. The molecule has 1 N–H and O–H groups in total. The summed E-state index contributed by atoms with van der Waals surface area (Å²) in [6, 6.07) is 7.29. The molecule has 2 fully saturated rings. The minimum atomic E-state index is -0.461. The lowest BCUT2D eigenvalue weighted by Crippen LogP contribution is -2.46. The highest BCUT2D eigenvalue weighted by molar-refractivity contribution is 5.38. The van der Waals surface area contributed by atoms with Crippen molar-refractivity contribution in [3.8, 4) is 12.1 Å². The van der Waals surface area contributed by atoms with E-state index in [2.05, 4.69) is 22.4 Å². The Morgan fingerprint density at radius 2 is 1.94 bits per heavy atom. The van der Waals surface area contributed by atoms with Crippen LogP contribution in [0, 0.1) is 22.7 Å². The first kappa shape index (κ1) is 11.2. The van der Waals surface area contributed by atoms with Gasteiger partial charge in [0.15, 0.2) is 0 Å². The maximum absolute atomic E-state index is 9.63. The summed E-state index contributed by atoms with van der Waals surface area (Å²) in [4.78, 5) is 4.10. The number of rotatable bonds is 1. The van der Waals surface area contributed by atoms with Crippen LogP contribution in [0.25, 0.3) is 0 Å². The third-order valence-electron chi connectivity index (χ3n) is 4.16. The molecule has 2 aliphatic rings. The van der Waals surface area contributed by atoms with E-state index in [1.165, 1.54) is 0 Å². The van der Waals surface area contributed by atoms with Crippen molar-refractivity contribution in [3.63, 3.8) is 0 Å². The van der Waals surface area contributed by atoms with E-state index in [1.54, 1.807) is 12.4 Å². The average Bonchev–Trinajstić information content (AvgIpc) is 2.78. The average molecular weight is 238 g/mol. The fourth-order valence-corrected chi connectivity index (χ4v) is 3.30. The highest BCUT2D eigenvalue weighted by Crippen LogP contribution is 2.42. The van der Waals surface area contributed by atoms with E-state index in [4.69, 9.17) is 5.26 Å². The SMILES string of the molecule is N#Cc1cncc([C@@]2(C#N)C[C@H]3CC[C@@H](C2)N3)c1. The van der Waals surface area contributed by atoms with Gasteiger partial charge in [-0.15, -0.1) is 0 Å². The number of fused-ring (bicyclic) bond motifs is 2. The largest absolute Gasteiger partial charge is 0.311 e. The van der Waals surface area contributed by atoms with Gasteiger partial charge in [0.1, 0.15) is 6.07 Å². The molecule has 3 rings (SSSR count). The Morgan fingerprint density at radius 1 is 1.22 bits per heavy atom. The molecule has 0 spiro atoms. The lowest BCUT2D eigenvalue weighted by molar-refractivity contribution is 0.304. The molecule has 0 radical (unpaired) electrons. The van der Waals surface area contributed by atoms with Crippen molar-refractivity contribution < 1.29 is 0 Å². The Kier molecular flexibility index (Phi) is 2.54. The van der Waals surface area contributed by atoms with Gasteiger partial charge in [0.05, 0.1) is 17.0 Å². The van der Waals surface area contributed by atoms with Crippen molar-refractivity contribution in [2.75, 3.05) is 0 Å². The van der Waals surface area contributed by atoms with Crippen LogP contribution < -0.4 is 5.32 Å². The number of aromatic nitrogens is 1. The smallest absolute Gasteiger partial charge is 0.101 e. The van der Waals surface area contributed by atoms with Crippen molar-refractivity contribution in [2.24, 2.45) is 0 Å². The van der Waals surface area contributed by atoms with Crippen molar-refractivity contribution in [2.45, 2.75) is 43.2 Å². The zero-order valence-corrected chi connectivity index (χ0v) is 10.1. The summed E-state index contributed by atoms with van der Waals surface area (Å²) in [7, 11) is 0. The Balaban J connectivity index is 2.02. The van der Waals surface area contributed by atoms with Gasteiger partial charge >= 0.3 is 0 Å². The topological polar surface area (TPSA) is 72.5 Å². The molecule has 2 bridgehead atoms. The first-order chi connectivity index (χ1) is 8.75. The normalized spacial score (nSPS) is 33.7. The number of piperidine rings is 1. The summed E-state index contributed by atoms with van der Waals surface area (Å²) in [5, 5.41) is 22.1. The molecule has 90 valence electrons. The molecule has 18 heavy (non-hydrogen) atoms. The predicted octanol–water partition coefficient (Wildman–Crippen LogP) is 1.63. The minimum absolute atomic E-state index is 0.439. The van der Waals surface area contributed by atoms with Gasteiger partial charge in [-0.25, -0.2) is 0 Å². The molecule has 0 saturated carbocycles. The molecule has 3 heterocycles. The maximum Gasteiger partial charge on any atom is 0.101 e. The number of hydrogen-bond donors (Lipinski definition) is 1. The first-order valence-corrected chi connectivity index (χ1v) is 6.29. The van der Waals surface area contributed by atoms with Crippen LogP contribution in [0.1, 0.15) is 36.8 Å². The second-order valence-electron chi connectivity index (χ2n) is 5.31. The molecule has 2 aliphatic heterocycles. The van der Waals surface area contributed by atoms with Crippen LogP contribution >= 0.6 is 0 Å². The predicted molar refractivity (Wildman–Crippen MR) is 65.4 cm³/mol. The highest BCUT2D eigenvalue weighted by Gasteiger charge is 2.45. The van der Waals surface area contributed by atoms with Gasteiger partial charge in [-0.3, -0.25) is 4.98 Å². The molecule has 0 amide bonds. The second-order valence-corrected chi connectivity index (χ2v) is 5.31. The molecule has 1 aromatic rings. The fourth-order valence-electron chi connectivity index (χ4n) is 3.30. The minimum Gasteiger partial charge on any atom is -0.311 e. The van der Waals surface area contributed by atoms with E-state index in [0.29, 0.717) is 17.6 Å². The lowest BCUT2D eigenvalue weighted by atomic mass is 9.72. The van der Waals surface area contributed by atoms with Crippen LogP contribution in [-0.4, -0.2) is 17.1 Å². The van der Waals surface area contributed by atoms with E-state index >= 15 is 0 Å². The number of nitriles is 2. The number of hydrogen-bond acceptors (Lipinski definition) is 4. The zero-order valence-electron chi connectivity index (χ0n) is 10.1. The van der Waals surface area contributed by atoms with E-state index in [-0.39, 0.29) is 0 Å². The van der Waals surface area contributed by atoms with Crippen LogP contribution in [0.15, 0.2) is 18.5 Å². The quantitative estimate of drug-likeness (QED) is 0.807. The number of nitrogens with zero attached hydrogens (tertiary/aromatic N) is 3. The molecular weight excluding hydrogens is 224 g/mol. The lowest BCUT2D eigenvalue weighted by Gasteiger charge is -2.36. The van der Waals surface area contributed by atoms with Gasteiger partial charge in [-0.1, -0.05) is 0 Å². The van der Waals surface area contributed by atoms with Crippen molar-refractivity contribution in [1.82, 2.24) is 10.3 Å². The molecule has 2 saturated heterocycles. The Labute approximate surface area is 106 Å². The molecule has 1 aromatic heterocycles. The van der Waals surface area contributed by atoms with Crippen LogP contribution in [0.4, 0.5) is 0 Å². The molecule has 4 heteroatoms. The summed E-state index contributed by atoms with van der Waals surface area (Å²) in [6.45, 7) is 0. The number of pyridine rings is 1. The van der Waals surface area contributed by atoms with Crippen LogP contribution in [0.2, 0.25) is 0 Å². The van der Waals surface area contributed by atoms with E-state index in [1.807, 2.05) is 6.07 Å². The molecule has 4 nitrogen and oxygen atoms in total. The van der Waals surface area contributed by atoms with Crippen LogP contribution in [0.5, 0.6) is 0 Å². The van der Waals surface area contributed by atoms with Crippen molar-refractivity contribution in [1.29, 1.82) is 10.5 Å². The fraction of sp³-hybridized carbons (Fsp3) is 0.500. The molecule has 3 atom stereocenters. The highest BCUT2D eigenvalue weighted by atomic mass is 15.0. The number of nitrogens with one attached hydrogen (secondary N) is 1.